The molecule has 0 saturated heterocycles. The van der Waals surface area contributed by atoms with Gasteiger partial charge in [0.25, 0.3) is 0 Å². The van der Waals surface area contributed by atoms with E-state index in [1.807, 2.05) is 6.92 Å². The van der Waals surface area contributed by atoms with Crippen LogP contribution in [0.1, 0.15) is 26.6 Å². The van der Waals surface area contributed by atoms with E-state index in [2.05, 4.69) is 35.4 Å². The molecule has 0 amide bonds. The number of aryl methyl sites for hydroxylation is 1. The Balaban J connectivity index is 2.66. The normalized spacial score (nSPS) is 14.1. The Labute approximate surface area is 88.6 Å². The Hall–Kier alpha value is -0.680. The third-order valence-corrected chi connectivity index (χ3v) is 2.79. The van der Waals surface area contributed by atoms with Crippen molar-refractivity contribution in [3.05, 3.63) is 5.82 Å². The molecule has 14 heavy (non-hydrogen) atoms. The quantitative estimate of drug-likeness (QED) is 0.805. The number of aromatic nitrogens is 2. The number of nitrogens with zero attached hydrogens (tertiary/aromatic N) is 2. The van der Waals surface area contributed by atoms with Crippen molar-refractivity contribution in [2.75, 3.05) is 11.9 Å². The number of aliphatic hydroxyl groups is 1. The minimum atomic E-state index is 0.00826. The molecule has 0 aliphatic carbocycles. The summed E-state index contributed by atoms with van der Waals surface area (Å²) >= 11 is 1.33. The first-order valence-corrected chi connectivity index (χ1v) is 5.38. The highest BCUT2D eigenvalue weighted by Gasteiger charge is 2.24. The smallest absolute Gasteiger partial charge is 0.202 e. The van der Waals surface area contributed by atoms with Crippen LogP contribution in [0, 0.1) is 12.3 Å². The van der Waals surface area contributed by atoms with Crippen molar-refractivity contribution < 1.29 is 5.11 Å². The molecule has 1 aromatic heterocycles. The topological polar surface area (TPSA) is 58.0 Å². The standard InChI is InChI=1S/C9H17N3OS/c1-6-10-8(14-12-6)11-7(5-13)9(2,3)4/h7,13H,5H2,1-4H3,(H,10,11,12). The zero-order valence-corrected chi connectivity index (χ0v) is 9.85. The van der Waals surface area contributed by atoms with Crippen LogP contribution < -0.4 is 5.32 Å². The molecule has 0 fully saturated rings. The first-order valence-electron chi connectivity index (χ1n) is 4.61. The highest BCUT2D eigenvalue weighted by molar-refractivity contribution is 7.09. The summed E-state index contributed by atoms with van der Waals surface area (Å²) in [4.78, 5) is 4.20. The summed E-state index contributed by atoms with van der Waals surface area (Å²) in [6, 6.07) is 0.00912. The molecule has 5 heteroatoms. The van der Waals surface area contributed by atoms with Crippen molar-refractivity contribution in [1.82, 2.24) is 9.36 Å². The first-order chi connectivity index (χ1) is 6.43. The van der Waals surface area contributed by atoms with Gasteiger partial charge in [0.1, 0.15) is 5.82 Å². The highest BCUT2D eigenvalue weighted by atomic mass is 32.1. The van der Waals surface area contributed by atoms with E-state index in [9.17, 15) is 5.11 Å². The van der Waals surface area contributed by atoms with Crippen molar-refractivity contribution in [2.24, 2.45) is 5.41 Å². The summed E-state index contributed by atoms with van der Waals surface area (Å²) in [6.07, 6.45) is 0. The van der Waals surface area contributed by atoms with Crippen LogP contribution in [-0.2, 0) is 0 Å². The summed E-state index contributed by atoms with van der Waals surface area (Å²) in [5, 5.41) is 13.2. The third kappa shape index (κ3) is 2.92. The number of hydrogen-bond donors (Lipinski definition) is 2. The van der Waals surface area contributed by atoms with E-state index in [1.165, 1.54) is 11.5 Å². The summed E-state index contributed by atoms with van der Waals surface area (Å²) < 4.78 is 4.07. The average Bonchev–Trinajstić information content (AvgIpc) is 2.45. The van der Waals surface area contributed by atoms with Gasteiger partial charge >= 0.3 is 0 Å². The number of hydrogen-bond acceptors (Lipinski definition) is 5. The summed E-state index contributed by atoms with van der Waals surface area (Å²) in [5.41, 5.74) is 0.00826. The van der Waals surface area contributed by atoms with E-state index in [4.69, 9.17) is 0 Å². The minimum Gasteiger partial charge on any atom is -0.394 e. The fraction of sp³-hybridized carbons (Fsp3) is 0.778. The number of nitrogens with one attached hydrogen (secondary N) is 1. The van der Waals surface area contributed by atoms with E-state index in [-0.39, 0.29) is 18.1 Å². The van der Waals surface area contributed by atoms with Crippen molar-refractivity contribution in [3.63, 3.8) is 0 Å². The van der Waals surface area contributed by atoms with Gasteiger partial charge in [0.2, 0.25) is 5.13 Å². The van der Waals surface area contributed by atoms with Gasteiger partial charge in [-0.1, -0.05) is 20.8 Å². The Morgan fingerprint density at radius 3 is 2.50 bits per heavy atom. The molecule has 4 nitrogen and oxygen atoms in total. The Morgan fingerprint density at radius 2 is 2.14 bits per heavy atom. The summed E-state index contributed by atoms with van der Waals surface area (Å²) in [7, 11) is 0. The van der Waals surface area contributed by atoms with Crippen LogP contribution >= 0.6 is 11.5 Å². The van der Waals surface area contributed by atoms with Crippen LogP contribution in [0.25, 0.3) is 0 Å². The van der Waals surface area contributed by atoms with Crippen molar-refractivity contribution >= 4 is 16.7 Å². The molecule has 0 aromatic carbocycles. The molecule has 2 N–H and O–H groups in total. The van der Waals surface area contributed by atoms with E-state index in [0.717, 1.165) is 11.0 Å². The minimum absolute atomic E-state index is 0.00826. The largest absolute Gasteiger partial charge is 0.394 e. The van der Waals surface area contributed by atoms with Gasteiger partial charge in [-0.3, -0.25) is 0 Å². The second kappa shape index (κ2) is 4.23. The van der Waals surface area contributed by atoms with Gasteiger partial charge in [-0.25, -0.2) is 4.98 Å². The molecular weight excluding hydrogens is 198 g/mol. The van der Waals surface area contributed by atoms with Gasteiger partial charge < -0.3 is 10.4 Å². The molecular formula is C9H17N3OS. The third-order valence-electron chi connectivity index (χ3n) is 2.05. The van der Waals surface area contributed by atoms with E-state index in [0.29, 0.717) is 0 Å². The molecule has 0 spiro atoms. The lowest BCUT2D eigenvalue weighted by Crippen LogP contribution is -2.37. The molecule has 1 unspecified atom stereocenters. The van der Waals surface area contributed by atoms with Crippen LogP contribution in [0.3, 0.4) is 0 Å². The molecule has 0 aliphatic rings. The van der Waals surface area contributed by atoms with E-state index >= 15 is 0 Å². The summed E-state index contributed by atoms with van der Waals surface area (Å²) in [6.45, 7) is 8.19. The van der Waals surface area contributed by atoms with E-state index in [1.54, 1.807) is 0 Å². The van der Waals surface area contributed by atoms with E-state index < -0.39 is 0 Å². The van der Waals surface area contributed by atoms with Crippen molar-refractivity contribution in [1.29, 1.82) is 0 Å². The fourth-order valence-corrected chi connectivity index (χ4v) is 1.67. The van der Waals surface area contributed by atoms with Gasteiger partial charge in [0, 0.05) is 11.5 Å². The predicted octanol–water partition coefficient (Wildman–Crippen LogP) is 1.67. The number of rotatable bonds is 3. The lowest BCUT2D eigenvalue weighted by Gasteiger charge is -2.29. The Kier molecular flexibility index (Phi) is 3.44. The lowest BCUT2D eigenvalue weighted by molar-refractivity contribution is 0.202. The molecule has 1 heterocycles. The molecule has 80 valence electrons. The maximum atomic E-state index is 9.22. The maximum absolute atomic E-state index is 9.22. The summed E-state index contributed by atoms with van der Waals surface area (Å²) in [5.74, 6) is 0.767. The number of aliphatic hydroxyl groups excluding tert-OH is 1. The molecule has 0 radical (unpaired) electrons. The van der Waals surface area contributed by atoms with Crippen molar-refractivity contribution in [2.45, 2.75) is 33.7 Å². The molecule has 1 atom stereocenters. The zero-order valence-electron chi connectivity index (χ0n) is 9.03. The Bertz CT molecular complexity index is 292. The van der Waals surface area contributed by atoms with Gasteiger partial charge in [-0.15, -0.1) is 0 Å². The van der Waals surface area contributed by atoms with Crippen LogP contribution in [0.15, 0.2) is 0 Å². The maximum Gasteiger partial charge on any atom is 0.202 e. The second-order valence-electron chi connectivity index (χ2n) is 4.39. The SMILES string of the molecule is Cc1nsc(NC(CO)C(C)(C)C)n1. The molecule has 1 rings (SSSR count). The van der Waals surface area contributed by atoms with Crippen molar-refractivity contribution in [3.8, 4) is 0 Å². The second-order valence-corrected chi connectivity index (χ2v) is 5.14. The average molecular weight is 215 g/mol. The zero-order chi connectivity index (χ0) is 10.8. The first kappa shape index (κ1) is 11.4. The fourth-order valence-electron chi connectivity index (χ4n) is 1.04. The molecule has 0 saturated carbocycles. The molecule has 1 aromatic rings. The number of anilines is 1. The van der Waals surface area contributed by atoms with Gasteiger partial charge in [-0.05, 0) is 12.3 Å². The van der Waals surface area contributed by atoms with Gasteiger partial charge in [-0.2, -0.15) is 4.37 Å². The highest BCUT2D eigenvalue weighted by Crippen LogP contribution is 2.23. The Morgan fingerprint density at radius 1 is 1.50 bits per heavy atom. The lowest BCUT2D eigenvalue weighted by atomic mass is 9.87. The van der Waals surface area contributed by atoms with Gasteiger partial charge in [0.05, 0.1) is 12.6 Å². The molecule has 0 bridgehead atoms. The monoisotopic (exact) mass is 215 g/mol. The van der Waals surface area contributed by atoms with Gasteiger partial charge in [0.15, 0.2) is 0 Å². The van der Waals surface area contributed by atoms with Crippen LogP contribution in [0.5, 0.6) is 0 Å². The van der Waals surface area contributed by atoms with Crippen LogP contribution in [0.2, 0.25) is 0 Å². The predicted molar refractivity (Wildman–Crippen MR) is 58.6 cm³/mol. The molecule has 0 aliphatic heterocycles. The van der Waals surface area contributed by atoms with Crippen LogP contribution in [-0.4, -0.2) is 27.1 Å². The van der Waals surface area contributed by atoms with Crippen LogP contribution in [0.4, 0.5) is 5.13 Å².